The third kappa shape index (κ3) is 2.13. The maximum atomic E-state index is 12.3. The van der Waals surface area contributed by atoms with Crippen molar-refractivity contribution in [2.24, 2.45) is 0 Å². The van der Waals surface area contributed by atoms with E-state index in [1.54, 1.807) is 25.2 Å². The molecule has 0 spiro atoms. The van der Waals surface area contributed by atoms with E-state index in [0.717, 1.165) is 5.56 Å². The SMILES string of the molecule is CNCCC1C(=O)Nc2cc(C)ccc2S1(=O)=O. The molecule has 0 bridgehead atoms. The number of aryl methyl sites for hydroxylation is 1. The molecule has 0 radical (unpaired) electrons. The normalized spacial score (nSPS) is 21.2. The van der Waals surface area contributed by atoms with Crippen molar-refractivity contribution >= 4 is 21.4 Å². The molecule has 1 aromatic rings. The second-order valence-corrected chi connectivity index (χ2v) is 6.51. The molecule has 1 aliphatic heterocycles. The molecule has 1 unspecified atom stereocenters. The van der Waals surface area contributed by atoms with Crippen LogP contribution in [0.3, 0.4) is 0 Å². The Hall–Kier alpha value is -1.40. The highest BCUT2D eigenvalue weighted by Gasteiger charge is 2.39. The Morgan fingerprint density at radius 1 is 1.39 bits per heavy atom. The lowest BCUT2D eigenvalue weighted by molar-refractivity contribution is -0.116. The van der Waals surface area contributed by atoms with Crippen molar-refractivity contribution < 1.29 is 13.2 Å². The fourth-order valence-corrected chi connectivity index (χ4v) is 3.81. The Bertz CT molecular complexity index is 581. The molecule has 98 valence electrons. The lowest BCUT2D eigenvalue weighted by atomic mass is 10.2. The van der Waals surface area contributed by atoms with Crippen LogP contribution in [0.5, 0.6) is 0 Å². The third-order valence-electron chi connectivity index (χ3n) is 3.02. The second kappa shape index (κ2) is 4.70. The van der Waals surface area contributed by atoms with Gasteiger partial charge in [0.2, 0.25) is 5.91 Å². The molecule has 1 aliphatic rings. The van der Waals surface area contributed by atoms with Crippen molar-refractivity contribution in [2.45, 2.75) is 23.5 Å². The van der Waals surface area contributed by atoms with Gasteiger partial charge in [-0.15, -0.1) is 0 Å². The molecule has 2 rings (SSSR count). The highest BCUT2D eigenvalue weighted by Crippen LogP contribution is 2.32. The van der Waals surface area contributed by atoms with Gasteiger partial charge in [0.1, 0.15) is 5.25 Å². The smallest absolute Gasteiger partial charge is 0.243 e. The van der Waals surface area contributed by atoms with Gasteiger partial charge in [-0.1, -0.05) is 6.07 Å². The largest absolute Gasteiger partial charge is 0.324 e. The summed E-state index contributed by atoms with van der Waals surface area (Å²) in [6.07, 6.45) is 0.276. The van der Waals surface area contributed by atoms with Crippen molar-refractivity contribution in [1.29, 1.82) is 0 Å². The molecule has 0 fully saturated rings. The van der Waals surface area contributed by atoms with Gasteiger partial charge in [-0.2, -0.15) is 0 Å². The van der Waals surface area contributed by atoms with Gasteiger partial charge in [-0.05, 0) is 44.6 Å². The topological polar surface area (TPSA) is 75.3 Å². The maximum Gasteiger partial charge on any atom is 0.243 e. The number of benzene rings is 1. The highest BCUT2D eigenvalue weighted by molar-refractivity contribution is 7.93. The molecule has 1 amide bonds. The molecule has 1 heterocycles. The van der Waals surface area contributed by atoms with Gasteiger partial charge in [-0.25, -0.2) is 8.42 Å². The second-order valence-electron chi connectivity index (χ2n) is 4.41. The third-order valence-corrected chi connectivity index (χ3v) is 5.19. The number of amides is 1. The van der Waals surface area contributed by atoms with Crippen molar-refractivity contribution in [3.8, 4) is 0 Å². The van der Waals surface area contributed by atoms with Crippen molar-refractivity contribution in [3.05, 3.63) is 23.8 Å². The van der Waals surface area contributed by atoms with Crippen LogP contribution in [0, 0.1) is 6.92 Å². The molecule has 18 heavy (non-hydrogen) atoms. The minimum Gasteiger partial charge on any atom is -0.324 e. The Balaban J connectivity index is 2.47. The minimum absolute atomic E-state index is 0.216. The lowest BCUT2D eigenvalue weighted by Crippen LogP contribution is -2.41. The summed E-state index contributed by atoms with van der Waals surface area (Å²) in [6, 6.07) is 4.98. The Labute approximate surface area is 107 Å². The van der Waals surface area contributed by atoms with Gasteiger partial charge in [0.15, 0.2) is 9.84 Å². The van der Waals surface area contributed by atoms with Gasteiger partial charge in [0.05, 0.1) is 10.6 Å². The van der Waals surface area contributed by atoms with Crippen LogP contribution < -0.4 is 10.6 Å². The summed E-state index contributed by atoms with van der Waals surface area (Å²) in [5.41, 5.74) is 1.30. The molecule has 0 saturated heterocycles. The van der Waals surface area contributed by atoms with Gasteiger partial charge in [-0.3, -0.25) is 4.79 Å². The van der Waals surface area contributed by atoms with Crippen molar-refractivity contribution in [1.82, 2.24) is 5.32 Å². The van der Waals surface area contributed by atoms with Crippen LogP contribution in [-0.2, 0) is 14.6 Å². The first kappa shape index (κ1) is 13.0. The number of hydrogen-bond acceptors (Lipinski definition) is 4. The van der Waals surface area contributed by atoms with E-state index in [1.807, 2.05) is 6.92 Å². The summed E-state index contributed by atoms with van der Waals surface area (Å²) in [6.45, 7) is 2.34. The summed E-state index contributed by atoms with van der Waals surface area (Å²) >= 11 is 0. The van der Waals surface area contributed by atoms with Crippen molar-refractivity contribution in [3.63, 3.8) is 0 Å². The number of rotatable bonds is 3. The number of fused-ring (bicyclic) bond motifs is 1. The molecule has 5 nitrogen and oxygen atoms in total. The molecule has 0 aromatic heterocycles. The van der Waals surface area contributed by atoms with E-state index in [1.165, 1.54) is 0 Å². The molecule has 1 atom stereocenters. The first-order valence-corrected chi connectivity index (χ1v) is 7.31. The Morgan fingerprint density at radius 2 is 2.11 bits per heavy atom. The van der Waals surface area contributed by atoms with Crippen LogP contribution in [0.25, 0.3) is 0 Å². The number of nitrogens with one attached hydrogen (secondary N) is 2. The Morgan fingerprint density at radius 3 is 2.78 bits per heavy atom. The van der Waals surface area contributed by atoms with E-state index in [0.29, 0.717) is 12.2 Å². The van der Waals surface area contributed by atoms with E-state index in [-0.39, 0.29) is 11.3 Å². The molecule has 0 aliphatic carbocycles. The van der Waals surface area contributed by atoms with E-state index >= 15 is 0 Å². The number of anilines is 1. The predicted octanol–water partition coefficient (Wildman–Crippen LogP) is 0.699. The van der Waals surface area contributed by atoms with E-state index in [4.69, 9.17) is 0 Å². The molecular weight excluding hydrogens is 252 g/mol. The van der Waals surface area contributed by atoms with Gasteiger partial charge in [0.25, 0.3) is 0 Å². The monoisotopic (exact) mass is 268 g/mol. The zero-order valence-electron chi connectivity index (χ0n) is 10.4. The van der Waals surface area contributed by atoms with Gasteiger partial charge in [0, 0.05) is 0 Å². The van der Waals surface area contributed by atoms with Gasteiger partial charge >= 0.3 is 0 Å². The predicted molar refractivity (Wildman–Crippen MR) is 69.3 cm³/mol. The van der Waals surface area contributed by atoms with E-state index in [9.17, 15) is 13.2 Å². The van der Waals surface area contributed by atoms with E-state index in [2.05, 4.69) is 10.6 Å². The summed E-state index contributed by atoms with van der Waals surface area (Å²) in [4.78, 5) is 12.1. The van der Waals surface area contributed by atoms with Crippen molar-refractivity contribution in [2.75, 3.05) is 18.9 Å². The first-order chi connectivity index (χ1) is 8.46. The molecular formula is C12H16N2O3S. The fraction of sp³-hybridized carbons (Fsp3) is 0.417. The van der Waals surface area contributed by atoms with Crippen LogP contribution in [-0.4, -0.2) is 33.2 Å². The number of carbonyl (C=O) groups is 1. The van der Waals surface area contributed by atoms with Gasteiger partial charge < -0.3 is 10.6 Å². The number of hydrogen-bond donors (Lipinski definition) is 2. The lowest BCUT2D eigenvalue weighted by Gasteiger charge is -2.25. The molecule has 6 heteroatoms. The maximum absolute atomic E-state index is 12.3. The van der Waals surface area contributed by atoms with Crippen LogP contribution in [0.4, 0.5) is 5.69 Å². The molecule has 1 aromatic carbocycles. The fourth-order valence-electron chi connectivity index (χ4n) is 2.06. The quantitative estimate of drug-likeness (QED) is 0.846. The summed E-state index contributed by atoms with van der Waals surface area (Å²) in [7, 11) is -1.85. The van der Waals surface area contributed by atoms with Crippen LogP contribution >= 0.6 is 0 Å². The molecule has 0 saturated carbocycles. The summed E-state index contributed by atoms with van der Waals surface area (Å²) in [5, 5.41) is 4.53. The number of carbonyl (C=O) groups excluding carboxylic acids is 1. The zero-order chi connectivity index (χ0) is 13.3. The Kier molecular flexibility index (Phi) is 3.41. The summed E-state index contributed by atoms with van der Waals surface area (Å²) in [5.74, 6) is -0.441. The summed E-state index contributed by atoms with van der Waals surface area (Å²) < 4.78 is 24.7. The first-order valence-electron chi connectivity index (χ1n) is 5.77. The average molecular weight is 268 g/mol. The highest BCUT2D eigenvalue weighted by atomic mass is 32.2. The van der Waals surface area contributed by atoms with Crippen LogP contribution in [0.15, 0.2) is 23.1 Å². The van der Waals surface area contributed by atoms with Crippen LogP contribution in [0.2, 0.25) is 0 Å². The van der Waals surface area contributed by atoms with Crippen LogP contribution in [0.1, 0.15) is 12.0 Å². The number of sulfone groups is 1. The molecule has 2 N–H and O–H groups in total. The standard InChI is InChI=1S/C12H16N2O3S/c1-8-3-4-10-9(7-8)14-12(15)11(5-6-13-2)18(10,16)17/h3-4,7,11,13H,5-6H2,1-2H3,(H,14,15). The minimum atomic E-state index is -3.57. The average Bonchev–Trinajstić information content (AvgIpc) is 2.27. The zero-order valence-corrected chi connectivity index (χ0v) is 11.2. The van der Waals surface area contributed by atoms with E-state index < -0.39 is 21.0 Å².